The van der Waals surface area contributed by atoms with Crippen molar-refractivity contribution >= 4 is 11.9 Å². The number of hydrogen-bond donors (Lipinski definition) is 2. The van der Waals surface area contributed by atoms with Gasteiger partial charge in [0, 0.05) is 11.1 Å². The lowest BCUT2D eigenvalue weighted by Crippen LogP contribution is -2.17. The van der Waals surface area contributed by atoms with Gasteiger partial charge in [-0.05, 0) is 18.3 Å². The van der Waals surface area contributed by atoms with Gasteiger partial charge in [0.05, 0.1) is 0 Å². The third kappa shape index (κ3) is 5.66. The third-order valence-corrected chi connectivity index (χ3v) is 2.56. The van der Waals surface area contributed by atoms with Crippen molar-refractivity contribution in [3.63, 3.8) is 0 Å². The Bertz CT molecular complexity index is 370. The van der Waals surface area contributed by atoms with Crippen LogP contribution in [0.25, 0.3) is 0 Å². The maximum Gasteiger partial charge on any atom is 0.332 e. The summed E-state index contributed by atoms with van der Waals surface area (Å²) < 4.78 is 0. The molecule has 4 nitrogen and oxygen atoms in total. The molecule has 0 aliphatic heterocycles. The molecular weight excluding hydrogens is 232 g/mol. The van der Waals surface area contributed by atoms with E-state index in [0.29, 0.717) is 6.42 Å². The minimum Gasteiger partial charge on any atom is -0.478 e. The summed E-state index contributed by atoms with van der Waals surface area (Å²) in [6, 6.07) is 0. The molecule has 18 heavy (non-hydrogen) atoms. The standard InChI is InChI=1S/C14H22O4/c1-5-6-7-10(12(15)16)8-9-11(13(17)18)14(2,3)4/h8-9H,5-7H2,1-4H3,(H,15,16)(H,17,18). The molecule has 0 amide bonds. The number of allylic oxidation sites excluding steroid dienone is 2. The Morgan fingerprint density at radius 3 is 1.94 bits per heavy atom. The first-order valence-corrected chi connectivity index (χ1v) is 6.08. The molecule has 0 rings (SSSR count). The molecule has 0 aliphatic rings. The van der Waals surface area contributed by atoms with Crippen LogP contribution in [0.5, 0.6) is 0 Å². The van der Waals surface area contributed by atoms with E-state index < -0.39 is 17.4 Å². The normalized spacial score (nSPS) is 13.6. The number of carbonyl (C=O) groups is 2. The van der Waals surface area contributed by atoms with Gasteiger partial charge in [-0.3, -0.25) is 0 Å². The van der Waals surface area contributed by atoms with E-state index >= 15 is 0 Å². The van der Waals surface area contributed by atoms with E-state index in [1.807, 2.05) is 6.92 Å². The summed E-state index contributed by atoms with van der Waals surface area (Å²) in [7, 11) is 0. The smallest absolute Gasteiger partial charge is 0.332 e. The number of rotatable bonds is 6. The van der Waals surface area contributed by atoms with E-state index in [1.165, 1.54) is 12.2 Å². The molecule has 0 heterocycles. The third-order valence-electron chi connectivity index (χ3n) is 2.56. The summed E-state index contributed by atoms with van der Waals surface area (Å²) in [6.45, 7) is 7.33. The summed E-state index contributed by atoms with van der Waals surface area (Å²) >= 11 is 0. The van der Waals surface area contributed by atoms with Gasteiger partial charge in [-0.15, -0.1) is 0 Å². The maximum absolute atomic E-state index is 11.1. The molecule has 0 saturated carbocycles. The first-order valence-electron chi connectivity index (χ1n) is 6.08. The zero-order chi connectivity index (χ0) is 14.3. The Kier molecular flexibility index (Phi) is 6.37. The van der Waals surface area contributed by atoms with Crippen LogP contribution in [0.2, 0.25) is 0 Å². The van der Waals surface area contributed by atoms with Gasteiger partial charge in [-0.1, -0.05) is 46.3 Å². The minimum atomic E-state index is -1.01. The van der Waals surface area contributed by atoms with Gasteiger partial charge in [0.15, 0.2) is 0 Å². The fraction of sp³-hybridized carbons (Fsp3) is 0.571. The van der Waals surface area contributed by atoms with Crippen LogP contribution in [-0.2, 0) is 9.59 Å². The van der Waals surface area contributed by atoms with Crippen LogP contribution in [0.3, 0.4) is 0 Å². The minimum absolute atomic E-state index is 0.206. The Balaban J connectivity index is 5.21. The molecule has 0 spiro atoms. The van der Waals surface area contributed by atoms with Crippen molar-refractivity contribution < 1.29 is 19.8 Å². The quantitative estimate of drug-likeness (QED) is 0.563. The van der Waals surface area contributed by atoms with Crippen molar-refractivity contribution in [2.75, 3.05) is 0 Å². The van der Waals surface area contributed by atoms with E-state index in [9.17, 15) is 9.59 Å². The summed E-state index contributed by atoms with van der Waals surface area (Å²) in [4.78, 5) is 22.1. The predicted octanol–water partition coefficient (Wildman–Crippen LogP) is 3.24. The second-order valence-electron chi connectivity index (χ2n) is 5.24. The molecule has 0 radical (unpaired) electrons. The monoisotopic (exact) mass is 254 g/mol. The molecule has 2 N–H and O–H groups in total. The maximum atomic E-state index is 11.1. The summed E-state index contributed by atoms with van der Waals surface area (Å²) in [5.41, 5.74) is -0.0611. The number of hydrogen-bond acceptors (Lipinski definition) is 2. The first-order chi connectivity index (χ1) is 8.20. The van der Waals surface area contributed by atoms with Crippen LogP contribution < -0.4 is 0 Å². The highest BCUT2D eigenvalue weighted by atomic mass is 16.4. The average molecular weight is 254 g/mol. The molecule has 0 atom stereocenters. The molecule has 4 heteroatoms. The van der Waals surface area contributed by atoms with Crippen molar-refractivity contribution in [1.82, 2.24) is 0 Å². The van der Waals surface area contributed by atoms with Crippen molar-refractivity contribution in [1.29, 1.82) is 0 Å². The van der Waals surface area contributed by atoms with Crippen molar-refractivity contribution in [2.45, 2.75) is 47.0 Å². The fourth-order valence-electron chi connectivity index (χ4n) is 1.45. The van der Waals surface area contributed by atoms with Gasteiger partial charge in [0.2, 0.25) is 0 Å². The second kappa shape index (κ2) is 6.99. The van der Waals surface area contributed by atoms with Crippen molar-refractivity contribution in [3.05, 3.63) is 23.3 Å². The average Bonchev–Trinajstić information content (AvgIpc) is 2.19. The van der Waals surface area contributed by atoms with Crippen LogP contribution in [0.1, 0.15) is 47.0 Å². The number of aliphatic carboxylic acids is 2. The molecule has 0 unspecified atom stereocenters. The fourth-order valence-corrected chi connectivity index (χ4v) is 1.45. The highest BCUT2D eigenvalue weighted by Gasteiger charge is 2.22. The second-order valence-corrected chi connectivity index (χ2v) is 5.24. The summed E-state index contributed by atoms with van der Waals surface area (Å²) in [5.74, 6) is -2.00. The van der Waals surface area contributed by atoms with Gasteiger partial charge in [-0.2, -0.15) is 0 Å². The summed E-state index contributed by atoms with van der Waals surface area (Å²) in [5, 5.41) is 18.1. The highest BCUT2D eigenvalue weighted by molar-refractivity contribution is 5.90. The van der Waals surface area contributed by atoms with E-state index in [2.05, 4.69) is 0 Å². The molecule has 102 valence electrons. The molecule has 0 aromatic carbocycles. The lowest BCUT2D eigenvalue weighted by molar-refractivity contribution is -0.134. The highest BCUT2D eigenvalue weighted by Crippen LogP contribution is 2.25. The van der Waals surface area contributed by atoms with E-state index in [1.54, 1.807) is 20.8 Å². The van der Waals surface area contributed by atoms with Gasteiger partial charge < -0.3 is 10.2 Å². The predicted molar refractivity (Wildman–Crippen MR) is 70.4 cm³/mol. The van der Waals surface area contributed by atoms with E-state index in [4.69, 9.17) is 10.2 Å². The molecule has 0 saturated heterocycles. The Morgan fingerprint density at radius 1 is 1.06 bits per heavy atom. The molecule has 0 bridgehead atoms. The molecular formula is C14H22O4. The van der Waals surface area contributed by atoms with Gasteiger partial charge >= 0.3 is 11.9 Å². The van der Waals surface area contributed by atoms with Crippen LogP contribution in [0.4, 0.5) is 0 Å². The molecule has 0 aromatic heterocycles. The Hall–Kier alpha value is -1.58. The van der Waals surface area contributed by atoms with Crippen LogP contribution in [0.15, 0.2) is 23.3 Å². The molecule has 0 aliphatic carbocycles. The van der Waals surface area contributed by atoms with Crippen LogP contribution in [0, 0.1) is 5.41 Å². The van der Waals surface area contributed by atoms with Gasteiger partial charge in [-0.25, -0.2) is 9.59 Å². The van der Waals surface area contributed by atoms with Gasteiger partial charge in [0.1, 0.15) is 0 Å². The van der Waals surface area contributed by atoms with Crippen molar-refractivity contribution in [3.8, 4) is 0 Å². The largest absolute Gasteiger partial charge is 0.478 e. The van der Waals surface area contributed by atoms with Gasteiger partial charge in [0.25, 0.3) is 0 Å². The zero-order valence-corrected chi connectivity index (χ0v) is 11.5. The summed E-state index contributed by atoms with van der Waals surface area (Å²) in [6.07, 6.45) is 4.96. The van der Waals surface area contributed by atoms with E-state index in [-0.39, 0.29) is 11.1 Å². The van der Waals surface area contributed by atoms with Crippen LogP contribution >= 0.6 is 0 Å². The molecule has 0 fully saturated rings. The number of carboxylic acids is 2. The Labute approximate surface area is 108 Å². The lowest BCUT2D eigenvalue weighted by Gasteiger charge is -2.18. The Morgan fingerprint density at radius 2 is 1.61 bits per heavy atom. The zero-order valence-electron chi connectivity index (χ0n) is 11.5. The first kappa shape index (κ1) is 16.4. The topological polar surface area (TPSA) is 74.6 Å². The number of carboxylic acid groups (broad SMARTS) is 2. The van der Waals surface area contributed by atoms with Crippen LogP contribution in [-0.4, -0.2) is 22.2 Å². The van der Waals surface area contributed by atoms with Crippen molar-refractivity contribution in [2.24, 2.45) is 5.41 Å². The number of unbranched alkanes of at least 4 members (excludes halogenated alkanes) is 1. The lowest BCUT2D eigenvalue weighted by atomic mass is 9.86. The SMILES string of the molecule is CCCCC(=CC=C(C(=O)O)C(C)(C)C)C(=O)O. The molecule has 0 aromatic rings. The van der Waals surface area contributed by atoms with E-state index in [0.717, 1.165) is 12.8 Å².